The fourth-order valence-corrected chi connectivity index (χ4v) is 5.81. The highest BCUT2D eigenvalue weighted by Gasteiger charge is 2.61. The maximum Gasteiger partial charge on any atom is 0.254 e. The van der Waals surface area contributed by atoms with E-state index in [0.29, 0.717) is 11.7 Å². The Morgan fingerprint density at radius 2 is 2.04 bits per heavy atom. The van der Waals surface area contributed by atoms with E-state index >= 15 is 0 Å². The predicted molar refractivity (Wildman–Crippen MR) is 106 cm³/mol. The van der Waals surface area contributed by atoms with Gasteiger partial charge in [-0.1, -0.05) is 20.8 Å². The van der Waals surface area contributed by atoms with Gasteiger partial charge in [-0.25, -0.2) is 9.37 Å². The summed E-state index contributed by atoms with van der Waals surface area (Å²) in [7, 11) is 0. The number of benzene rings is 1. The maximum atomic E-state index is 13.9. The van der Waals surface area contributed by atoms with Crippen LogP contribution in [-0.2, 0) is 5.41 Å². The van der Waals surface area contributed by atoms with Crippen molar-refractivity contribution in [2.75, 3.05) is 0 Å². The summed E-state index contributed by atoms with van der Waals surface area (Å²) < 4.78 is 16.0. The smallest absolute Gasteiger partial charge is 0.254 e. The van der Waals surface area contributed by atoms with Crippen LogP contribution in [0.4, 0.5) is 4.39 Å². The second kappa shape index (κ2) is 4.80. The van der Waals surface area contributed by atoms with Crippen LogP contribution in [0.3, 0.4) is 0 Å². The van der Waals surface area contributed by atoms with E-state index in [9.17, 15) is 4.39 Å². The Labute approximate surface area is 162 Å². The molecule has 2 bridgehead atoms. The van der Waals surface area contributed by atoms with Gasteiger partial charge in [0.1, 0.15) is 5.82 Å². The van der Waals surface area contributed by atoms with E-state index < -0.39 is 0 Å². The zero-order chi connectivity index (χ0) is 19.4. The summed E-state index contributed by atoms with van der Waals surface area (Å²) in [5.74, 6) is 0.811. The molecule has 0 radical (unpaired) electrons. The number of aromatic amines is 1. The normalized spacial score (nSPS) is 25.1. The van der Waals surface area contributed by atoms with Crippen molar-refractivity contribution in [3.63, 3.8) is 0 Å². The van der Waals surface area contributed by atoms with Crippen molar-refractivity contribution in [3.8, 4) is 11.3 Å². The lowest BCUT2D eigenvalue weighted by atomic mass is 9.70. The van der Waals surface area contributed by atoms with Crippen molar-refractivity contribution in [1.82, 2.24) is 24.6 Å². The van der Waals surface area contributed by atoms with Gasteiger partial charge in [-0.3, -0.25) is 4.40 Å². The minimum atomic E-state index is -0.247. The zero-order valence-electron chi connectivity index (χ0n) is 16.5. The Kier molecular flexibility index (Phi) is 2.78. The number of rotatable bonds is 1. The lowest BCUT2D eigenvalue weighted by molar-refractivity contribution is 0.225. The lowest BCUT2D eigenvalue weighted by Gasteiger charge is -2.34. The predicted octanol–water partition coefficient (Wildman–Crippen LogP) is 4.90. The summed E-state index contributed by atoms with van der Waals surface area (Å²) in [4.78, 5) is 8.13. The van der Waals surface area contributed by atoms with Crippen LogP contribution >= 0.6 is 0 Å². The van der Waals surface area contributed by atoms with Crippen LogP contribution in [0.5, 0.6) is 0 Å². The van der Waals surface area contributed by atoms with Gasteiger partial charge in [-0.05, 0) is 43.4 Å². The molecule has 0 amide bonds. The largest absolute Gasteiger partial charge is 0.358 e. The van der Waals surface area contributed by atoms with Gasteiger partial charge >= 0.3 is 0 Å². The molecule has 4 aromatic rings. The average molecular weight is 375 g/mol. The van der Waals surface area contributed by atoms with Crippen LogP contribution in [-0.4, -0.2) is 24.6 Å². The summed E-state index contributed by atoms with van der Waals surface area (Å²) in [6, 6.07) is 4.82. The van der Waals surface area contributed by atoms with E-state index in [2.05, 4.69) is 46.6 Å². The Morgan fingerprint density at radius 1 is 1.21 bits per heavy atom. The van der Waals surface area contributed by atoms with Gasteiger partial charge in [0, 0.05) is 39.7 Å². The van der Waals surface area contributed by atoms with Crippen LogP contribution in [0.15, 0.2) is 24.4 Å². The number of aromatic nitrogens is 5. The molecule has 5 nitrogen and oxygen atoms in total. The average Bonchev–Trinajstić information content (AvgIpc) is 3.30. The van der Waals surface area contributed by atoms with Crippen LogP contribution < -0.4 is 0 Å². The third-order valence-electron chi connectivity index (χ3n) is 7.70. The highest BCUT2D eigenvalue weighted by molar-refractivity contribution is 5.96. The van der Waals surface area contributed by atoms with Gasteiger partial charge in [0.2, 0.25) is 0 Å². The van der Waals surface area contributed by atoms with Gasteiger partial charge in [0.25, 0.3) is 5.78 Å². The zero-order valence-corrected chi connectivity index (χ0v) is 16.5. The van der Waals surface area contributed by atoms with Crippen molar-refractivity contribution < 1.29 is 4.39 Å². The summed E-state index contributed by atoms with van der Waals surface area (Å²) in [5, 5.41) is 9.89. The van der Waals surface area contributed by atoms with E-state index in [1.807, 2.05) is 6.92 Å². The van der Waals surface area contributed by atoms with Crippen molar-refractivity contribution >= 4 is 16.7 Å². The highest BCUT2D eigenvalue weighted by Crippen LogP contribution is 2.66. The summed E-state index contributed by atoms with van der Waals surface area (Å²) >= 11 is 0. The second-order valence-electron chi connectivity index (χ2n) is 9.19. The van der Waals surface area contributed by atoms with E-state index in [1.165, 1.54) is 18.2 Å². The van der Waals surface area contributed by atoms with E-state index in [-0.39, 0.29) is 16.6 Å². The molecule has 1 N–H and O–H groups in total. The molecule has 0 unspecified atom stereocenters. The van der Waals surface area contributed by atoms with Crippen LogP contribution in [0.2, 0.25) is 0 Å². The molecule has 2 aliphatic carbocycles. The van der Waals surface area contributed by atoms with Gasteiger partial charge in [-0.2, -0.15) is 0 Å². The Hall–Kier alpha value is -2.76. The first-order chi connectivity index (χ1) is 13.3. The molecule has 1 saturated carbocycles. The monoisotopic (exact) mass is 375 g/mol. The van der Waals surface area contributed by atoms with Crippen molar-refractivity contribution in [2.45, 2.75) is 51.9 Å². The fourth-order valence-electron chi connectivity index (χ4n) is 5.81. The number of H-pyrrole nitrogens is 1. The first-order valence-corrected chi connectivity index (χ1v) is 9.85. The van der Waals surface area contributed by atoms with E-state index in [4.69, 9.17) is 4.98 Å². The first kappa shape index (κ1) is 16.2. The topological polar surface area (TPSA) is 58.9 Å². The Balaban J connectivity index is 1.64. The highest BCUT2D eigenvalue weighted by atomic mass is 19.1. The molecule has 1 aromatic carbocycles. The van der Waals surface area contributed by atoms with Crippen LogP contribution in [0.1, 0.15) is 56.6 Å². The number of hydrogen-bond donors (Lipinski definition) is 1. The number of halogens is 1. The standard InChI is InChI=1S/C22H22FN5/c1-11-17(13-9-12(23)5-6-15(13)24-11)16-10-28-19-18(26-27-20(28)25-16)14-7-8-22(19,4)21(14,2)3/h5-6,9-10,14,24H,7-8H2,1-4H3/t14-,22-/m0/s1. The molecule has 0 aliphatic heterocycles. The molecule has 2 atom stereocenters. The Bertz CT molecular complexity index is 1300. The number of nitrogens with one attached hydrogen (secondary N) is 1. The number of aryl methyl sites for hydroxylation is 1. The molecule has 1 fully saturated rings. The third-order valence-corrected chi connectivity index (χ3v) is 7.70. The molecule has 3 heterocycles. The minimum absolute atomic E-state index is 0.0561. The lowest BCUT2D eigenvalue weighted by Crippen LogP contribution is -2.32. The Morgan fingerprint density at radius 3 is 2.86 bits per heavy atom. The molecule has 6 rings (SSSR count). The van der Waals surface area contributed by atoms with Gasteiger partial charge in [0.15, 0.2) is 0 Å². The molecule has 3 aromatic heterocycles. The van der Waals surface area contributed by atoms with Gasteiger partial charge in [-0.15, -0.1) is 10.2 Å². The van der Waals surface area contributed by atoms with Crippen LogP contribution in [0.25, 0.3) is 27.9 Å². The number of fused-ring (bicyclic) bond motifs is 8. The molecular weight excluding hydrogens is 353 g/mol. The second-order valence-corrected chi connectivity index (χ2v) is 9.19. The first-order valence-electron chi connectivity index (χ1n) is 9.85. The van der Waals surface area contributed by atoms with Crippen molar-refractivity contribution in [3.05, 3.63) is 47.3 Å². The fraction of sp³-hybridized carbons (Fsp3) is 0.409. The molecule has 28 heavy (non-hydrogen) atoms. The van der Waals surface area contributed by atoms with Crippen molar-refractivity contribution in [1.29, 1.82) is 0 Å². The summed E-state index contributed by atoms with van der Waals surface area (Å²) in [6.45, 7) is 9.05. The van der Waals surface area contributed by atoms with Gasteiger partial charge < -0.3 is 4.98 Å². The van der Waals surface area contributed by atoms with E-state index in [1.54, 1.807) is 12.1 Å². The minimum Gasteiger partial charge on any atom is -0.358 e. The third kappa shape index (κ3) is 1.70. The number of nitrogens with zero attached hydrogens (tertiary/aromatic N) is 4. The van der Waals surface area contributed by atoms with Gasteiger partial charge in [0.05, 0.1) is 17.1 Å². The molecule has 6 heteroatoms. The SMILES string of the molecule is Cc1[nH]c2ccc(F)cc2c1-c1cn2c3c(nnc2n1)[C@@H]1CC[C@]3(C)C1(C)C. The summed E-state index contributed by atoms with van der Waals surface area (Å²) in [5.41, 5.74) is 6.21. The molecular formula is C22H22FN5. The molecule has 0 spiro atoms. The molecule has 142 valence electrons. The van der Waals surface area contributed by atoms with Crippen LogP contribution in [0, 0.1) is 18.2 Å². The van der Waals surface area contributed by atoms with E-state index in [0.717, 1.165) is 40.0 Å². The summed E-state index contributed by atoms with van der Waals surface area (Å²) in [6.07, 6.45) is 4.38. The molecule has 2 aliphatic rings. The maximum absolute atomic E-state index is 13.9. The number of imidazole rings is 1. The van der Waals surface area contributed by atoms with Crippen molar-refractivity contribution in [2.24, 2.45) is 5.41 Å². The number of hydrogen-bond acceptors (Lipinski definition) is 3. The molecule has 0 saturated heterocycles. The quantitative estimate of drug-likeness (QED) is 0.515.